The molecule has 2 rings (SSSR count). The van der Waals surface area contributed by atoms with Gasteiger partial charge < -0.3 is 4.90 Å². The van der Waals surface area contributed by atoms with E-state index in [2.05, 4.69) is 18.7 Å². The van der Waals surface area contributed by atoms with Gasteiger partial charge in [0.2, 0.25) is 0 Å². The van der Waals surface area contributed by atoms with Crippen molar-refractivity contribution < 1.29 is 8.42 Å². The van der Waals surface area contributed by atoms with Crippen LogP contribution in [0.25, 0.3) is 0 Å². The summed E-state index contributed by atoms with van der Waals surface area (Å²) in [6.45, 7) is 7.31. The first-order valence-electron chi connectivity index (χ1n) is 7.39. The Balaban J connectivity index is 1.72. The Morgan fingerprint density at radius 1 is 1.06 bits per heavy atom. The summed E-state index contributed by atoms with van der Waals surface area (Å²) >= 11 is 0. The molecule has 0 spiro atoms. The van der Waals surface area contributed by atoms with Gasteiger partial charge in [-0.15, -0.1) is 0 Å². The second-order valence-electron chi connectivity index (χ2n) is 6.48. The molecule has 106 valence electrons. The highest BCUT2D eigenvalue weighted by atomic mass is 32.2. The number of nitrogens with zero attached hydrogens (tertiary/aromatic N) is 1. The fourth-order valence-electron chi connectivity index (χ4n) is 3.34. The highest BCUT2D eigenvalue weighted by Gasteiger charge is 2.27. The minimum absolute atomic E-state index is 0.369. The lowest BCUT2D eigenvalue weighted by molar-refractivity contribution is 0.169. The molecular weight excluding hydrogens is 246 g/mol. The smallest absolute Gasteiger partial charge is 0.152 e. The molecule has 1 saturated carbocycles. The van der Waals surface area contributed by atoms with Gasteiger partial charge in [-0.05, 0) is 43.4 Å². The predicted octanol–water partition coefficient (Wildman–Crippen LogP) is 2.18. The SMILES string of the molecule is CC(C)[C@H]1CC[C@@H](CN2CCS(=O)(=O)CC2)CC1. The van der Waals surface area contributed by atoms with Crippen LogP contribution in [0.2, 0.25) is 0 Å². The minimum atomic E-state index is -2.72. The molecule has 2 fully saturated rings. The van der Waals surface area contributed by atoms with Crippen molar-refractivity contribution >= 4 is 9.84 Å². The fraction of sp³-hybridized carbons (Fsp3) is 1.00. The molecule has 3 nitrogen and oxygen atoms in total. The average Bonchev–Trinajstić information content (AvgIpc) is 2.33. The predicted molar refractivity (Wildman–Crippen MR) is 75.4 cm³/mol. The molecule has 4 heteroatoms. The minimum Gasteiger partial charge on any atom is -0.301 e. The van der Waals surface area contributed by atoms with Crippen molar-refractivity contribution in [2.75, 3.05) is 31.1 Å². The Kier molecular flexibility index (Phi) is 4.70. The van der Waals surface area contributed by atoms with Gasteiger partial charge in [-0.25, -0.2) is 8.42 Å². The van der Waals surface area contributed by atoms with E-state index in [0.29, 0.717) is 11.5 Å². The zero-order valence-corrected chi connectivity index (χ0v) is 12.6. The molecule has 0 unspecified atom stereocenters. The van der Waals surface area contributed by atoms with E-state index in [-0.39, 0.29) is 0 Å². The molecule has 1 saturated heterocycles. The quantitative estimate of drug-likeness (QED) is 0.791. The summed E-state index contributed by atoms with van der Waals surface area (Å²) < 4.78 is 22.8. The van der Waals surface area contributed by atoms with Gasteiger partial charge in [-0.3, -0.25) is 0 Å². The summed E-state index contributed by atoms with van der Waals surface area (Å²) in [7, 11) is -2.72. The lowest BCUT2D eigenvalue weighted by Crippen LogP contribution is -2.43. The summed E-state index contributed by atoms with van der Waals surface area (Å²) in [6, 6.07) is 0. The summed E-state index contributed by atoms with van der Waals surface area (Å²) in [4.78, 5) is 2.36. The van der Waals surface area contributed by atoms with Crippen molar-refractivity contribution in [1.29, 1.82) is 0 Å². The molecule has 0 aromatic rings. The number of sulfone groups is 1. The summed E-state index contributed by atoms with van der Waals surface area (Å²) in [6.07, 6.45) is 5.42. The van der Waals surface area contributed by atoms with Crippen LogP contribution in [0.4, 0.5) is 0 Å². The molecule has 18 heavy (non-hydrogen) atoms. The van der Waals surface area contributed by atoms with Gasteiger partial charge in [-0.2, -0.15) is 0 Å². The van der Waals surface area contributed by atoms with Crippen LogP contribution in [-0.2, 0) is 9.84 Å². The maximum atomic E-state index is 11.4. The van der Waals surface area contributed by atoms with E-state index in [1.807, 2.05) is 0 Å². The zero-order valence-electron chi connectivity index (χ0n) is 11.8. The molecule has 0 radical (unpaired) electrons. The zero-order chi connectivity index (χ0) is 13.2. The first kappa shape index (κ1) is 14.3. The van der Waals surface area contributed by atoms with Gasteiger partial charge in [0.1, 0.15) is 0 Å². The van der Waals surface area contributed by atoms with Crippen molar-refractivity contribution in [2.24, 2.45) is 17.8 Å². The van der Waals surface area contributed by atoms with Gasteiger partial charge in [0.25, 0.3) is 0 Å². The highest BCUT2D eigenvalue weighted by Crippen LogP contribution is 2.33. The summed E-state index contributed by atoms with van der Waals surface area (Å²) in [5, 5.41) is 0. The van der Waals surface area contributed by atoms with Crippen LogP contribution in [0.15, 0.2) is 0 Å². The molecule has 0 N–H and O–H groups in total. The van der Waals surface area contributed by atoms with Crippen molar-refractivity contribution in [2.45, 2.75) is 39.5 Å². The van der Waals surface area contributed by atoms with Gasteiger partial charge >= 0.3 is 0 Å². The van der Waals surface area contributed by atoms with Crippen LogP contribution in [0.1, 0.15) is 39.5 Å². The maximum Gasteiger partial charge on any atom is 0.152 e. The van der Waals surface area contributed by atoms with Crippen LogP contribution < -0.4 is 0 Å². The third-order valence-corrected chi connectivity index (χ3v) is 6.40. The van der Waals surface area contributed by atoms with E-state index in [1.54, 1.807) is 0 Å². The highest BCUT2D eigenvalue weighted by molar-refractivity contribution is 7.91. The van der Waals surface area contributed by atoms with Gasteiger partial charge in [-0.1, -0.05) is 13.8 Å². The standard InChI is InChI=1S/C14H27NO2S/c1-12(2)14-5-3-13(4-6-14)11-15-7-9-18(16,17)10-8-15/h12-14H,3-11H2,1-2H3/t13-,14+. The monoisotopic (exact) mass is 273 g/mol. The van der Waals surface area contributed by atoms with Crippen LogP contribution in [-0.4, -0.2) is 44.5 Å². The molecule has 2 aliphatic rings. The normalized spacial score (nSPS) is 33.7. The second-order valence-corrected chi connectivity index (χ2v) is 8.78. The summed E-state index contributed by atoms with van der Waals surface area (Å²) in [5.41, 5.74) is 0. The summed E-state index contributed by atoms with van der Waals surface area (Å²) in [5.74, 6) is 3.29. The third-order valence-electron chi connectivity index (χ3n) is 4.79. The Bertz CT molecular complexity index is 342. The van der Waals surface area contributed by atoms with E-state index < -0.39 is 9.84 Å². The van der Waals surface area contributed by atoms with E-state index >= 15 is 0 Å². The van der Waals surface area contributed by atoms with Crippen molar-refractivity contribution in [1.82, 2.24) is 4.90 Å². The largest absolute Gasteiger partial charge is 0.301 e. The molecule has 0 aromatic heterocycles. The molecule has 0 amide bonds. The first-order chi connectivity index (χ1) is 8.46. The molecule has 0 aromatic carbocycles. The van der Waals surface area contributed by atoms with E-state index in [9.17, 15) is 8.42 Å². The van der Waals surface area contributed by atoms with Crippen molar-refractivity contribution in [3.63, 3.8) is 0 Å². The van der Waals surface area contributed by atoms with Gasteiger partial charge in [0, 0.05) is 19.6 Å². The van der Waals surface area contributed by atoms with Crippen LogP contribution >= 0.6 is 0 Å². The second kappa shape index (κ2) is 5.91. The van der Waals surface area contributed by atoms with Gasteiger partial charge in [0.15, 0.2) is 9.84 Å². The van der Waals surface area contributed by atoms with Crippen LogP contribution in [0, 0.1) is 17.8 Å². The Hall–Kier alpha value is -0.0900. The average molecular weight is 273 g/mol. The molecular formula is C14H27NO2S. The van der Waals surface area contributed by atoms with Gasteiger partial charge in [0.05, 0.1) is 11.5 Å². The Morgan fingerprint density at radius 3 is 2.11 bits per heavy atom. The maximum absolute atomic E-state index is 11.4. The van der Waals surface area contributed by atoms with E-state index in [4.69, 9.17) is 0 Å². The number of hydrogen-bond donors (Lipinski definition) is 0. The Labute approximate surface area is 112 Å². The third kappa shape index (κ3) is 3.95. The van der Waals surface area contributed by atoms with E-state index in [0.717, 1.165) is 37.4 Å². The van der Waals surface area contributed by atoms with Crippen LogP contribution in [0.3, 0.4) is 0 Å². The molecule has 1 aliphatic heterocycles. The Morgan fingerprint density at radius 2 is 1.61 bits per heavy atom. The number of hydrogen-bond acceptors (Lipinski definition) is 3. The molecule has 0 bridgehead atoms. The van der Waals surface area contributed by atoms with Crippen LogP contribution in [0.5, 0.6) is 0 Å². The lowest BCUT2D eigenvalue weighted by atomic mass is 9.77. The van der Waals surface area contributed by atoms with Crippen molar-refractivity contribution in [3.05, 3.63) is 0 Å². The molecule has 0 atom stereocenters. The topological polar surface area (TPSA) is 37.4 Å². The molecule has 1 aliphatic carbocycles. The molecule has 1 heterocycles. The van der Waals surface area contributed by atoms with E-state index in [1.165, 1.54) is 25.7 Å². The fourth-order valence-corrected chi connectivity index (χ4v) is 4.61. The number of rotatable bonds is 3. The lowest BCUT2D eigenvalue weighted by Gasteiger charge is -2.35. The van der Waals surface area contributed by atoms with Crippen molar-refractivity contribution in [3.8, 4) is 0 Å². The first-order valence-corrected chi connectivity index (χ1v) is 9.21.